The molecule has 0 aliphatic rings. The van der Waals surface area contributed by atoms with Crippen LogP contribution in [-0.4, -0.2) is 30.0 Å². The highest BCUT2D eigenvalue weighted by molar-refractivity contribution is 4.87. The molecule has 0 unspecified atom stereocenters. The van der Waals surface area contributed by atoms with Crippen molar-refractivity contribution in [3.8, 4) is 0 Å². The van der Waals surface area contributed by atoms with Crippen LogP contribution in [0.3, 0.4) is 0 Å². The lowest BCUT2D eigenvalue weighted by Gasteiger charge is -2.33. The van der Waals surface area contributed by atoms with E-state index in [1.807, 2.05) is 13.8 Å². The Morgan fingerprint density at radius 3 is 1.80 bits per heavy atom. The van der Waals surface area contributed by atoms with Gasteiger partial charge in [0.1, 0.15) is 0 Å². The van der Waals surface area contributed by atoms with E-state index in [4.69, 9.17) is 0 Å². The Hall–Kier alpha value is -0.290. The van der Waals surface area contributed by atoms with Gasteiger partial charge in [-0.2, -0.15) is 13.2 Å². The van der Waals surface area contributed by atoms with E-state index in [1.54, 1.807) is 0 Å². The summed E-state index contributed by atoms with van der Waals surface area (Å²) in [5.74, 6) is 0. The molecule has 0 aliphatic heterocycles. The topological polar surface area (TPSA) is 32.3 Å². The van der Waals surface area contributed by atoms with Crippen LogP contribution in [0, 0.1) is 0 Å². The van der Waals surface area contributed by atoms with E-state index in [2.05, 4.69) is 5.32 Å². The van der Waals surface area contributed by atoms with Crippen LogP contribution in [0.1, 0.15) is 39.5 Å². The van der Waals surface area contributed by atoms with Gasteiger partial charge in [-0.1, -0.05) is 26.7 Å². The van der Waals surface area contributed by atoms with Crippen molar-refractivity contribution < 1.29 is 18.3 Å². The first-order chi connectivity index (χ1) is 6.89. The average Bonchev–Trinajstić information content (AvgIpc) is 2.14. The third-order valence-corrected chi connectivity index (χ3v) is 2.42. The van der Waals surface area contributed by atoms with E-state index in [1.165, 1.54) is 0 Å². The molecule has 0 amide bonds. The van der Waals surface area contributed by atoms with Gasteiger partial charge in [0.05, 0.1) is 13.2 Å². The average molecular weight is 227 g/mol. The Bertz CT molecular complexity index is 165. The van der Waals surface area contributed by atoms with Gasteiger partial charge < -0.3 is 10.4 Å². The fraction of sp³-hybridized carbons (Fsp3) is 1.00. The van der Waals surface area contributed by atoms with E-state index >= 15 is 0 Å². The highest BCUT2D eigenvalue weighted by Crippen LogP contribution is 2.22. The molecule has 0 saturated carbocycles. The number of aliphatic hydroxyl groups is 1. The summed E-state index contributed by atoms with van der Waals surface area (Å²) in [5.41, 5.74) is -0.765. The highest BCUT2D eigenvalue weighted by atomic mass is 19.4. The van der Waals surface area contributed by atoms with E-state index in [0.29, 0.717) is 12.8 Å². The molecule has 2 nitrogen and oxygen atoms in total. The maximum absolute atomic E-state index is 12.1. The van der Waals surface area contributed by atoms with Crippen LogP contribution >= 0.6 is 0 Å². The summed E-state index contributed by atoms with van der Waals surface area (Å²) in [5, 5.41) is 11.7. The van der Waals surface area contributed by atoms with E-state index in [-0.39, 0.29) is 6.61 Å². The van der Waals surface area contributed by atoms with Crippen LogP contribution < -0.4 is 5.32 Å². The molecule has 0 heterocycles. The van der Waals surface area contributed by atoms with Crippen molar-refractivity contribution in [1.82, 2.24) is 5.32 Å². The summed E-state index contributed by atoms with van der Waals surface area (Å²) < 4.78 is 36.2. The van der Waals surface area contributed by atoms with Crippen molar-refractivity contribution in [1.29, 1.82) is 0 Å². The zero-order valence-corrected chi connectivity index (χ0v) is 9.32. The minimum absolute atomic E-state index is 0.245. The normalized spacial score (nSPS) is 13.2. The van der Waals surface area contributed by atoms with Crippen molar-refractivity contribution in [2.45, 2.75) is 51.2 Å². The predicted octanol–water partition coefficient (Wildman–Crippen LogP) is 2.47. The van der Waals surface area contributed by atoms with E-state index in [0.717, 1.165) is 12.8 Å². The van der Waals surface area contributed by atoms with Crippen molar-refractivity contribution in [2.24, 2.45) is 0 Å². The predicted molar refractivity (Wildman–Crippen MR) is 53.7 cm³/mol. The van der Waals surface area contributed by atoms with Gasteiger partial charge in [-0.15, -0.1) is 0 Å². The van der Waals surface area contributed by atoms with Crippen LogP contribution in [-0.2, 0) is 0 Å². The third-order valence-electron chi connectivity index (χ3n) is 2.42. The third kappa shape index (κ3) is 5.99. The van der Waals surface area contributed by atoms with Gasteiger partial charge in [-0.3, -0.25) is 0 Å². The first-order valence-electron chi connectivity index (χ1n) is 5.32. The number of rotatable bonds is 7. The van der Waals surface area contributed by atoms with Gasteiger partial charge in [0, 0.05) is 5.54 Å². The van der Waals surface area contributed by atoms with Crippen molar-refractivity contribution in [2.75, 3.05) is 13.2 Å². The van der Waals surface area contributed by atoms with Crippen molar-refractivity contribution in [3.05, 3.63) is 0 Å². The molecule has 0 aliphatic carbocycles. The van der Waals surface area contributed by atoms with Gasteiger partial charge >= 0.3 is 6.18 Å². The van der Waals surface area contributed by atoms with Crippen LogP contribution in [0.5, 0.6) is 0 Å². The second-order valence-electron chi connectivity index (χ2n) is 3.91. The molecule has 0 atom stereocenters. The molecule has 5 heteroatoms. The Morgan fingerprint density at radius 2 is 1.53 bits per heavy atom. The molecule has 0 rings (SSSR count). The molecular formula is C10H20F3NO. The Balaban J connectivity index is 4.33. The summed E-state index contributed by atoms with van der Waals surface area (Å²) in [6.07, 6.45) is -1.58. The lowest BCUT2D eigenvalue weighted by molar-refractivity contribution is -0.130. The molecule has 0 aromatic carbocycles. The van der Waals surface area contributed by atoms with Crippen molar-refractivity contribution >= 4 is 0 Å². The largest absolute Gasteiger partial charge is 0.401 e. The zero-order valence-electron chi connectivity index (χ0n) is 9.32. The smallest absolute Gasteiger partial charge is 0.394 e. The summed E-state index contributed by atoms with van der Waals surface area (Å²) in [6, 6.07) is 0. The quantitative estimate of drug-likeness (QED) is 0.700. The SMILES string of the molecule is CCCC(CO)(CCC)NCC(F)(F)F. The maximum atomic E-state index is 12.1. The fourth-order valence-corrected chi connectivity index (χ4v) is 1.76. The van der Waals surface area contributed by atoms with Crippen LogP contribution in [0.4, 0.5) is 13.2 Å². The molecule has 0 radical (unpaired) electrons. The monoisotopic (exact) mass is 227 g/mol. The first-order valence-corrected chi connectivity index (χ1v) is 5.32. The maximum Gasteiger partial charge on any atom is 0.401 e. The van der Waals surface area contributed by atoms with Crippen LogP contribution in [0.25, 0.3) is 0 Å². The molecule has 0 aromatic rings. The second kappa shape index (κ2) is 6.33. The summed E-state index contributed by atoms with van der Waals surface area (Å²) in [6.45, 7) is 2.52. The number of nitrogens with one attached hydrogen (secondary N) is 1. The highest BCUT2D eigenvalue weighted by Gasteiger charge is 2.34. The molecule has 15 heavy (non-hydrogen) atoms. The first kappa shape index (κ1) is 14.7. The van der Waals surface area contributed by atoms with Crippen LogP contribution in [0.2, 0.25) is 0 Å². The van der Waals surface area contributed by atoms with Gasteiger partial charge in [0.15, 0.2) is 0 Å². The van der Waals surface area contributed by atoms with Gasteiger partial charge in [0.2, 0.25) is 0 Å². The molecule has 0 saturated heterocycles. The number of hydrogen-bond acceptors (Lipinski definition) is 2. The summed E-state index contributed by atoms with van der Waals surface area (Å²) in [4.78, 5) is 0. The molecule has 92 valence electrons. The van der Waals surface area contributed by atoms with E-state index in [9.17, 15) is 18.3 Å². The Labute approximate surface area is 88.9 Å². The molecule has 0 fully saturated rings. The summed E-state index contributed by atoms with van der Waals surface area (Å²) >= 11 is 0. The van der Waals surface area contributed by atoms with Crippen LogP contribution in [0.15, 0.2) is 0 Å². The van der Waals surface area contributed by atoms with Gasteiger partial charge in [0.25, 0.3) is 0 Å². The number of halogens is 3. The van der Waals surface area contributed by atoms with E-state index < -0.39 is 18.3 Å². The number of alkyl halides is 3. The Kier molecular flexibility index (Phi) is 6.20. The summed E-state index contributed by atoms with van der Waals surface area (Å²) in [7, 11) is 0. The standard InChI is InChI=1S/C10H20F3NO/c1-3-5-9(8-15,6-4-2)14-7-10(11,12)13/h14-15H,3-8H2,1-2H3. The van der Waals surface area contributed by atoms with Gasteiger partial charge in [-0.25, -0.2) is 0 Å². The number of aliphatic hydroxyl groups excluding tert-OH is 1. The molecule has 2 N–H and O–H groups in total. The van der Waals surface area contributed by atoms with Crippen molar-refractivity contribution in [3.63, 3.8) is 0 Å². The number of hydrogen-bond donors (Lipinski definition) is 2. The lowest BCUT2D eigenvalue weighted by Crippen LogP contribution is -2.51. The molecular weight excluding hydrogens is 207 g/mol. The van der Waals surface area contributed by atoms with Gasteiger partial charge in [-0.05, 0) is 12.8 Å². The lowest BCUT2D eigenvalue weighted by atomic mass is 9.89. The minimum atomic E-state index is -4.22. The second-order valence-corrected chi connectivity index (χ2v) is 3.91. The molecule has 0 bridgehead atoms. The molecule has 0 aromatic heterocycles. The minimum Gasteiger partial charge on any atom is -0.394 e. The fourth-order valence-electron chi connectivity index (χ4n) is 1.76. The zero-order chi connectivity index (χ0) is 11.9. The molecule has 0 spiro atoms. The Morgan fingerprint density at radius 1 is 1.07 bits per heavy atom.